The van der Waals surface area contributed by atoms with Crippen LogP contribution in [0.4, 0.5) is 5.88 Å². The average molecular weight is 267 g/mol. The first kappa shape index (κ1) is 14.0. The standard InChI is InChI=1S/C13H21N3O3/c1-2-10-5-6-15(11(7-10)8-14)9-12-3-4-13(19-12)16(17)18/h3-4,10-11H,2,5-9,14H2,1H3. The number of hydrogen-bond donors (Lipinski definition) is 1. The maximum absolute atomic E-state index is 10.6. The van der Waals surface area contributed by atoms with E-state index in [-0.39, 0.29) is 5.88 Å². The highest BCUT2D eigenvalue weighted by Gasteiger charge is 2.27. The molecule has 1 aromatic rings. The molecule has 0 aromatic carbocycles. The highest BCUT2D eigenvalue weighted by molar-refractivity contribution is 5.17. The first-order chi connectivity index (χ1) is 9.13. The van der Waals surface area contributed by atoms with Gasteiger partial charge < -0.3 is 10.2 Å². The van der Waals surface area contributed by atoms with Crippen molar-refractivity contribution in [2.24, 2.45) is 11.7 Å². The Morgan fingerprint density at radius 2 is 2.37 bits per heavy atom. The van der Waals surface area contributed by atoms with Crippen LogP contribution in [0.15, 0.2) is 16.5 Å². The molecule has 6 heteroatoms. The first-order valence-corrected chi connectivity index (χ1v) is 6.81. The average Bonchev–Trinajstić information content (AvgIpc) is 2.88. The second-order valence-corrected chi connectivity index (χ2v) is 5.16. The van der Waals surface area contributed by atoms with Crippen LogP contribution in [0.2, 0.25) is 0 Å². The molecule has 19 heavy (non-hydrogen) atoms. The van der Waals surface area contributed by atoms with E-state index in [1.807, 2.05) is 0 Å². The van der Waals surface area contributed by atoms with Gasteiger partial charge in [-0.3, -0.25) is 15.0 Å². The molecular weight excluding hydrogens is 246 g/mol. The normalized spacial score (nSPS) is 24.5. The molecule has 0 aliphatic carbocycles. The lowest BCUT2D eigenvalue weighted by Crippen LogP contribution is -2.45. The third kappa shape index (κ3) is 3.33. The summed E-state index contributed by atoms with van der Waals surface area (Å²) in [5.74, 6) is 1.19. The van der Waals surface area contributed by atoms with E-state index in [2.05, 4.69) is 11.8 Å². The fraction of sp³-hybridized carbons (Fsp3) is 0.692. The highest BCUT2D eigenvalue weighted by Crippen LogP contribution is 2.27. The second-order valence-electron chi connectivity index (χ2n) is 5.16. The topological polar surface area (TPSA) is 85.5 Å². The molecule has 0 spiro atoms. The second kappa shape index (κ2) is 6.16. The van der Waals surface area contributed by atoms with E-state index in [1.54, 1.807) is 6.07 Å². The Kier molecular flexibility index (Phi) is 4.55. The van der Waals surface area contributed by atoms with Crippen LogP contribution in [0.1, 0.15) is 31.9 Å². The van der Waals surface area contributed by atoms with Crippen LogP contribution >= 0.6 is 0 Å². The molecule has 2 unspecified atom stereocenters. The third-order valence-corrected chi connectivity index (χ3v) is 3.98. The van der Waals surface area contributed by atoms with Gasteiger partial charge >= 0.3 is 5.88 Å². The predicted octanol–water partition coefficient (Wildman–Crippen LogP) is 2.14. The summed E-state index contributed by atoms with van der Waals surface area (Å²) in [7, 11) is 0. The van der Waals surface area contributed by atoms with Crippen molar-refractivity contribution < 1.29 is 9.34 Å². The molecular formula is C13H21N3O3. The van der Waals surface area contributed by atoms with Gasteiger partial charge in [0.2, 0.25) is 0 Å². The summed E-state index contributed by atoms with van der Waals surface area (Å²) in [6.07, 6.45) is 3.46. The Hall–Kier alpha value is -1.40. The van der Waals surface area contributed by atoms with Gasteiger partial charge in [0.1, 0.15) is 10.7 Å². The van der Waals surface area contributed by atoms with Gasteiger partial charge in [0, 0.05) is 12.6 Å². The summed E-state index contributed by atoms with van der Waals surface area (Å²) in [4.78, 5) is 12.4. The third-order valence-electron chi connectivity index (χ3n) is 3.98. The molecule has 0 amide bonds. The van der Waals surface area contributed by atoms with Crippen molar-refractivity contribution in [3.8, 4) is 0 Å². The molecule has 2 heterocycles. The van der Waals surface area contributed by atoms with Gasteiger partial charge in [0.15, 0.2) is 0 Å². The van der Waals surface area contributed by atoms with Crippen LogP contribution in [-0.2, 0) is 6.54 Å². The molecule has 106 valence electrons. The number of nitro groups is 1. The highest BCUT2D eigenvalue weighted by atomic mass is 16.6. The van der Waals surface area contributed by atoms with Crippen molar-refractivity contribution in [3.63, 3.8) is 0 Å². The summed E-state index contributed by atoms with van der Waals surface area (Å²) in [5, 5.41) is 10.6. The number of piperidine rings is 1. The lowest BCUT2D eigenvalue weighted by Gasteiger charge is -2.38. The van der Waals surface area contributed by atoms with E-state index in [0.717, 1.165) is 25.3 Å². The Balaban J connectivity index is 1.99. The quantitative estimate of drug-likeness (QED) is 0.652. The van der Waals surface area contributed by atoms with Crippen molar-refractivity contribution in [1.29, 1.82) is 0 Å². The molecule has 1 saturated heterocycles. The lowest BCUT2D eigenvalue weighted by molar-refractivity contribution is -0.402. The van der Waals surface area contributed by atoms with Crippen molar-refractivity contribution in [3.05, 3.63) is 28.0 Å². The molecule has 1 fully saturated rings. The Morgan fingerprint density at radius 3 is 2.95 bits per heavy atom. The molecule has 2 N–H and O–H groups in total. The number of rotatable bonds is 5. The zero-order chi connectivity index (χ0) is 13.8. The van der Waals surface area contributed by atoms with Crippen molar-refractivity contribution in [2.75, 3.05) is 13.1 Å². The monoisotopic (exact) mass is 267 g/mol. The Morgan fingerprint density at radius 1 is 1.58 bits per heavy atom. The van der Waals surface area contributed by atoms with Crippen LogP contribution in [-0.4, -0.2) is 29.0 Å². The summed E-state index contributed by atoms with van der Waals surface area (Å²) in [6.45, 7) is 4.42. The fourth-order valence-corrected chi connectivity index (χ4v) is 2.76. The smallest absolute Gasteiger partial charge is 0.404 e. The number of nitrogens with two attached hydrogens (primary N) is 1. The number of furan rings is 1. The SMILES string of the molecule is CCC1CCN(Cc2ccc([N+](=O)[O-])o2)C(CN)C1. The minimum atomic E-state index is -0.507. The Bertz CT molecular complexity index is 433. The Labute approximate surface area is 112 Å². The van der Waals surface area contributed by atoms with E-state index in [4.69, 9.17) is 10.2 Å². The van der Waals surface area contributed by atoms with E-state index >= 15 is 0 Å². The van der Waals surface area contributed by atoms with Crippen molar-refractivity contribution >= 4 is 5.88 Å². The van der Waals surface area contributed by atoms with Gasteiger partial charge in [-0.05, 0) is 31.4 Å². The zero-order valence-corrected chi connectivity index (χ0v) is 11.2. The van der Waals surface area contributed by atoms with E-state index < -0.39 is 4.92 Å². The molecule has 0 bridgehead atoms. The van der Waals surface area contributed by atoms with Gasteiger partial charge in [-0.2, -0.15) is 0 Å². The lowest BCUT2D eigenvalue weighted by atomic mass is 9.89. The van der Waals surface area contributed by atoms with Gasteiger partial charge in [-0.1, -0.05) is 13.3 Å². The summed E-state index contributed by atoms with van der Waals surface area (Å²) in [6, 6.07) is 3.44. The summed E-state index contributed by atoms with van der Waals surface area (Å²) in [5.41, 5.74) is 5.84. The van der Waals surface area contributed by atoms with E-state index in [9.17, 15) is 10.1 Å². The maximum Gasteiger partial charge on any atom is 0.433 e. The van der Waals surface area contributed by atoms with Gasteiger partial charge in [0.05, 0.1) is 12.6 Å². The molecule has 1 aliphatic heterocycles. The van der Waals surface area contributed by atoms with Gasteiger partial charge in [-0.15, -0.1) is 0 Å². The van der Waals surface area contributed by atoms with Gasteiger partial charge in [-0.25, -0.2) is 0 Å². The van der Waals surface area contributed by atoms with Crippen molar-refractivity contribution in [2.45, 2.75) is 38.8 Å². The van der Waals surface area contributed by atoms with Crippen LogP contribution < -0.4 is 5.73 Å². The van der Waals surface area contributed by atoms with Crippen LogP contribution in [0, 0.1) is 16.0 Å². The predicted molar refractivity (Wildman–Crippen MR) is 71.6 cm³/mol. The summed E-state index contributed by atoms with van der Waals surface area (Å²) < 4.78 is 5.21. The maximum atomic E-state index is 10.6. The number of likely N-dealkylation sites (tertiary alicyclic amines) is 1. The minimum Gasteiger partial charge on any atom is -0.404 e. The van der Waals surface area contributed by atoms with Crippen molar-refractivity contribution in [1.82, 2.24) is 4.90 Å². The van der Waals surface area contributed by atoms with E-state index in [0.29, 0.717) is 24.9 Å². The molecule has 6 nitrogen and oxygen atoms in total. The fourth-order valence-electron chi connectivity index (χ4n) is 2.76. The van der Waals surface area contributed by atoms with Crippen LogP contribution in [0.5, 0.6) is 0 Å². The van der Waals surface area contributed by atoms with Crippen LogP contribution in [0.25, 0.3) is 0 Å². The first-order valence-electron chi connectivity index (χ1n) is 6.81. The number of nitrogens with zero attached hydrogens (tertiary/aromatic N) is 2. The molecule has 1 aromatic heterocycles. The summed E-state index contributed by atoms with van der Waals surface area (Å²) >= 11 is 0. The number of hydrogen-bond acceptors (Lipinski definition) is 5. The molecule has 0 radical (unpaired) electrons. The van der Waals surface area contributed by atoms with E-state index in [1.165, 1.54) is 12.5 Å². The minimum absolute atomic E-state index is 0.192. The van der Waals surface area contributed by atoms with Crippen LogP contribution in [0.3, 0.4) is 0 Å². The largest absolute Gasteiger partial charge is 0.433 e. The molecule has 0 saturated carbocycles. The molecule has 2 atom stereocenters. The molecule has 1 aliphatic rings. The molecule has 2 rings (SSSR count). The van der Waals surface area contributed by atoms with Gasteiger partial charge in [0.25, 0.3) is 0 Å². The zero-order valence-electron chi connectivity index (χ0n) is 11.2.